The molecule has 1 aliphatic heterocycles. The van der Waals surface area contributed by atoms with Gasteiger partial charge in [-0.25, -0.2) is 4.98 Å². The number of fused-ring (bicyclic) bond motifs is 1. The molecule has 2 aromatic heterocycles. The minimum absolute atomic E-state index is 0.0198. The summed E-state index contributed by atoms with van der Waals surface area (Å²) < 4.78 is 2.96. The average molecular weight is 369 g/mol. The van der Waals surface area contributed by atoms with Gasteiger partial charge in [0.15, 0.2) is 0 Å². The van der Waals surface area contributed by atoms with E-state index in [1.165, 1.54) is 9.71 Å². The lowest BCUT2D eigenvalue weighted by Crippen LogP contribution is -2.38. The number of benzene rings is 1. The van der Waals surface area contributed by atoms with Crippen LogP contribution in [0, 0.1) is 6.92 Å². The van der Waals surface area contributed by atoms with Gasteiger partial charge in [0.05, 0.1) is 27.5 Å². The van der Waals surface area contributed by atoms with Gasteiger partial charge in [0, 0.05) is 19.0 Å². The predicted octanol–water partition coefficient (Wildman–Crippen LogP) is 3.16. The van der Waals surface area contributed by atoms with E-state index < -0.39 is 0 Å². The molecule has 0 atom stereocenters. The molecule has 1 aliphatic rings. The van der Waals surface area contributed by atoms with E-state index in [1.807, 2.05) is 26.1 Å². The van der Waals surface area contributed by atoms with Crippen molar-refractivity contribution >= 4 is 33.3 Å². The molecule has 0 unspecified atom stereocenters. The summed E-state index contributed by atoms with van der Waals surface area (Å²) in [7, 11) is 1.84. The van der Waals surface area contributed by atoms with Crippen molar-refractivity contribution in [2.45, 2.75) is 25.7 Å². The van der Waals surface area contributed by atoms with E-state index in [2.05, 4.69) is 33.5 Å². The van der Waals surface area contributed by atoms with Gasteiger partial charge in [0.2, 0.25) is 5.91 Å². The summed E-state index contributed by atoms with van der Waals surface area (Å²) in [5, 5.41) is 8.44. The van der Waals surface area contributed by atoms with Crippen LogP contribution in [-0.2, 0) is 11.8 Å². The Hall–Kier alpha value is -2.25. The number of thiazole rings is 1. The number of carbonyl (C=O) groups is 1. The lowest BCUT2D eigenvalue weighted by molar-refractivity contribution is -0.117. The fraction of sp³-hybridized carbons (Fsp3) is 0.421. The number of anilines is 1. The van der Waals surface area contributed by atoms with Crippen molar-refractivity contribution in [2.24, 2.45) is 7.05 Å². The molecule has 4 rings (SSSR count). The lowest BCUT2D eigenvalue weighted by atomic mass is 9.97. The molecule has 6 nitrogen and oxygen atoms in total. The number of hydrogen-bond donors (Lipinski definition) is 1. The summed E-state index contributed by atoms with van der Waals surface area (Å²) in [6.45, 7) is 4.20. The van der Waals surface area contributed by atoms with Crippen molar-refractivity contribution in [3.05, 3.63) is 41.0 Å². The molecule has 1 amide bonds. The smallest absolute Gasteiger partial charge is 0.239 e. The summed E-state index contributed by atoms with van der Waals surface area (Å²) in [4.78, 5) is 19.3. The van der Waals surface area contributed by atoms with E-state index in [0.717, 1.165) is 43.0 Å². The highest BCUT2D eigenvalue weighted by Crippen LogP contribution is 2.33. The van der Waals surface area contributed by atoms with Gasteiger partial charge in [0.1, 0.15) is 5.82 Å². The van der Waals surface area contributed by atoms with Crippen LogP contribution in [0.15, 0.2) is 30.3 Å². The standard InChI is InChI=1S/C19H23N5OS/c1-13-11-17(23(2)22-13)21-18(25)12-24-9-7-14(8-10-24)19-20-15-5-3-4-6-16(15)26-19/h3-6,11,14H,7-10,12H2,1-2H3,(H,21,25). The maximum Gasteiger partial charge on any atom is 0.239 e. The van der Waals surface area contributed by atoms with Crippen LogP contribution in [0.5, 0.6) is 0 Å². The summed E-state index contributed by atoms with van der Waals surface area (Å²) in [5.41, 5.74) is 2.00. The van der Waals surface area contributed by atoms with Gasteiger partial charge in [0.25, 0.3) is 0 Å². The van der Waals surface area contributed by atoms with E-state index >= 15 is 0 Å². The fourth-order valence-corrected chi connectivity index (χ4v) is 4.65. The number of amides is 1. The number of rotatable bonds is 4. The van der Waals surface area contributed by atoms with Crippen molar-refractivity contribution in [3.63, 3.8) is 0 Å². The molecule has 0 saturated carbocycles. The molecule has 0 radical (unpaired) electrons. The Kier molecular flexibility index (Phi) is 4.74. The van der Waals surface area contributed by atoms with Crippen molar-refractivity contribution in [1.29, 1.82) is 0 Å². The molecule has 1 fully saturated rings. The maximum atomic E-state index is 12.3. The highest BCUT2D eigenvalue weighted by atomic mass is 32.1. The van der Waals surface area contributed by atoms with Crippen molar-refractivity contribution < 1.29 is 4.79 Å². The van der Waals surface area contributed by atoms with E-state index in [1.54, 1.807) is 16.0 Å². The third-order valence-corrected chi connectivity index (χ3v) is 6.08. The molecular weight excluding hydrogens is 346 g/mol. The average Bonchev–Trinajstić information content (AvgIpc) is 3.18. The highest BCUT2D eigenvalue weighted by Gasteiger charge is 2.24. The van der Waals surface area contributed by atoms with E-state index in [0.29, 0.717) is 12.5 Å². The van der Waals surface area contributed by atoms with Crippen LogP contribution in [0.1, 0.15) is 29.5 Å². The lowest BCUT2D eigenvalue weighted by Gasteiger charge is -2.30. The topological polar surface area (TPSA) is 63.1 Å². The summed E-state index contributed by atoms with van der Waals surface area (Å²) in [6.07, 6.45) is 2.11. The predicted molar refractivity (Wildman–Crippen MR) is 105 cm³/mol. The van der Waals surface area contributed by atoms with Crippen LogP contribution in [0.3, 0.4) is 0 Å². The zero-order valence-electron chi connectivity index (χ0n) is 15.1. The number of hydrogen-bond acceptors (Lipinski definition) is 5. The molecule has 7 heteroatoms. The largest absolute Gasteiger partial charge is 0.310 e. The monoisotopic (exact) mass is 369 g/mol. The number of carbonyl (C=O) groups excluding carboxylic acids is 1. The van der Waals surface area contributed by atoms with Crippen LogP contribution >= 0.6 is 11.3 Å². The Morgan fingerprint density at radius 3 is 2.77 bits per heavy atom. The van der Waals surface area contributed by atoms with Crippen molar-refractivity contribution in [2.75, 3.05) is 25.0 Å². The van der Waals surface area contributed by atoms with Crippen LogP contribution in [0.25, 0.3) is 10.2 Å². The van der Waals surface area contributed by atoms with E-state index in [-0.39, 0.29) is 5.91 Å². The van der Waals surface area contributed by atoms with Gasteiger partial charge in [-0.15, -0.1) is 11.3 Å². The molecule has 0 bridgehead atoms. The Morgan fingerprint density at radius 1 is 1.31 bits per heavy atom. The zero-order valence-corrected chi connectivity index (χ0v) is 15.9. The molecule has 1 N–H and O–H groups in total. The highest BCUT2D eigenvalue weighted by molar-refractivity contribution is 7.18. The molecule has 26 heavy (non-hydrogen) atoms. The molecule has 0 aliphatic carbocycles. The number of aryl methyl sites for hydroxylation is 2. The summed E-state index contributed by atoms with van der Waals surface area (Å²) in [6, 6.07) is 10.2. The fourth-order valence-electron chi connectivity index (χ4n) is 3.52. The summed E-state index contributed by atoms with van der Waals surface area (Å²) in [5.74, 6) is 1.27. The number of aromatic nitrogens is 3. The molecule has 3 heterocycles. The van der Waals surface area contributed by atoms with Crippen molar-refractivity contribution in [3.8, 4) is 0 Å². The van der Waals surface area contributed by atoms with Crippen LogP contribution in [0.4, 0.5) is 5.82 Å². The first-order valence-corrected chi connectivity index (χ1v) is 9.78. The van der Waals surface area contributed by atoms with Crippen molar-refractivity contribution in [1.82, 2.24) is 19.7 Å². The van der Waals surface area contributed by atoms with Crippen LogP contribution < -0.4 is 5.32 Å². The third kappa shape index (κ3) is 3.64. The van der Waals surface area contributed by atoms with Gasteiger partial charge in [-0.2, -0.15) is 5.10 Å². The Bertz CT molecular complexity index is 890. The number of nitrogens with one attached hydrogen (secondary N) is 1. The number of nitrogens with zero attached hydrogens (tertiary/aromatic N) is 4. The summed E-state index contributed by atoms with van der Waals surface area (Å²) >= 11 is 1.81. The van der Waals surface area contributed by atoms with E-state index in [4.69, 9.17) is 4.98 Å². The molecule has 3 aromatic rings. The SMILES string of the molecule is Cc1cc(NC(=O)CN2CCC(c3nc4ccccc4s3)CC2)n(C)n1. The Labute approximate surface area is 156 Å². The third-order valence-electron chi connectivity index (χ3n) is 4.88. The second kappa shape index (κ2) is 7.17. The molecule has 1 saturated heterocycles. The quantitative estimate of drug-likeness (QED) is 0.767. The molecular formula is C19H23N5OS. The molecule has 136 valence electrons. The Morgan fingerprint density at radius 2 is 2.08 bits per heavy atom. The maximum absolute atomic E-state index is 12.3. The normalized spacial score (nSPS) is 16.2. The Balaban J connectivity index is 1.32. The first kappa shape index (κ1) is 17.2. The number of likely N-dealkylation sites (tertiary alicyclic amines) is 1. The number of piperidine rings is 1. The van der Waals surface area contributed by atoms with Gasteiger partial charge in [-0.3, -0.25) is 14.4 Å². The first-order chi connectivity index (χ1) is 12.6. The first-order valence-electron chi connectivity index (χ1n) is 8.97. The van der Waals surface area contributed by atoms with Crippen LogP contribution in [-0.4, -0.2) is 45.2 Å². The van der Waals surface area contributed by atoms with Gasteiger partial charge >= 0.3 is 0 Å². The van der Waals surface area contributed by atoms with E-state index in [9.17, 15) is 4.79 Å². The second-order valence-electron chi connectivity index (χ2n) is 6.91. The molecule has 1 aromatic carbocycles. The second-order valence-corrected chi connectivity index (χ2v) is 7.98. The van der Waals surface area contributed by atoms with Gasteiger partial charge < -0.3 is 5.32 Å². The zero-order chi connectivity index (χ0) is 18.1. The van der Waals surface area contributed by atoms with Crippen LogP contribution in [0.2, 0.25) is 0 Å². The molecule has 0 spiro atoms. The number of para-hydroxylation sites is 1. The minimum Gasteiger partial charge on any atom is -0.310 e. The van der Waals surface area contributed by atoms with Gasteiger partial charge in [-0.05, 0) is 45.0 Å². The minimum atomic E-state index is 0.0198. The van der Waals surface area contributed by atoms with Gasteiger partial charge in [-0.1, -0.05) is 12.1 Å².